The Balaban J connectivity index is 2.73. The van der Waals surface area contributed by atoms with E-state index in [1.54, 1.807) is 6.20 Å². The first kappa shape index (κ1) is 7.51. The zero-order valence-electron chi connectivity index (χ0n) is 6.76. The van der Waals surface area contributed by atoms with Crippen molar-refractivity contribution in [2.75, 3.05) is 0 Å². The summed E-state index contributed by atoms with van der Waals surface area (Å²) >= 11 is 0.994. The summed E-state index contributed by atoms with van der Waals surface area (Å²) < 4.78 is 7.90. The maximum atomic E-state index is 11.4. The summed E-state index contributed by atoms with van der Waals surface area (Å²) in [6.07, 6.45) is 3.07. The Kier molecular flexibility index (Phi) is 1.37. The van der Waals surface area contributed by atoms with Gasteiger partial charge in [-0.1, -0.05) is 0 Å². The summed E-state index contributed by atoms with van der Waals surface area (Å²) in [5.74, 6) is 0. The predicted molar refractivity (Wildman–Crippen MR) is 51.1 cm³/mol. The van der Waals surface area contributed by atoms with E-state index in [0.29, 0.717) is 22.2 Å². The van der Waals surface area contributed by atoms with Gasteiger partial charge in [-0.05, 0) is 0 Å². The van der Waals surface area contributed by atoms with Crippen LogP contribution in [0.25, 0.3) is 22.2 Å². The van der Waals surface area contributed by atoms with Crippen LogP contribution in [0.3, 0.4) is 0 Å². The molecular weight excluding hydrogens is 202 g/mol. The first-order valence-electron chi connectivity index (χ1n) is 3.81. The molecule has 0 spiro atoms. The highest BCUT2D eigenvalue weighted by Gasteiger charge is 2.09. The molecule has 0 bridgehead atoms. The van der Waals surface area contributed by atoms with Crippen LogP contribution in [0.5, 0.6) is 0 Å². The van der Waals surface area contributed by atoms with Gasteiger partial charge in [0.15, 0.2) is 11.2 Å². The zero-order valence-corrected chi connectivity index (χ0v) is 7.58. The zero-order chi connectivity index (χ0) is 9.54. The van der Waals surface area contributed by atoms with Gasteiger partial charge in [0.1, 0.15) is 11.0 Å². The average Bonchev–Trinajstić information content (AvgIpc) is 2.67. The number of nitrogens with zero attached hydrogens (tertiary/aromatic N) is 4. The molecular formula is C7H3N5OS. The highest BCUT2D eigenvalue weighted by molar-refractivity contribution is 7.00. The minimum Gasteiger partial charge on any atom is -0.303 e. The summed E-state index contributed by atoms with van der Waals surface area (Å²) in [5, 5.41) is 0. The van der Waals surface area contributed by atoms with Crippen LogP contribution >= 0.6 is 11.7 Å². The second-order valence-electron chi connectivity index (χ2n) is 2.67. The molecule has 0 saturated heterocycles. The lowest BCUT2D eigenvalue weighted by molar-refractivity contribution is 1.20. The van der Waals surface area contributed by atoms with E-state index in [1.807, 2.05) is 0 Å². The van der Waals surface area contributed by atoms with E-state index in [4.69, 9.17) is 0 Å². The predicted octanol–water partition coefficient (Wildman–Crippen LogP) is 0.323. The molecule has 0 aliphatic carbocycles. The lowest BCUT2D eigenvalue weighted by Gasteiger charge is -1.93. The summed E-state index contributed by atoms with van der Waals surface area (Å²) in [4.78, 5) is 22.1. The molecule has 0 amide bonds. The standard InChI is InChI=1S/C7H3N5OS/c13-7-5-3(11-14-12-5)4-6(10-7)9-2-1-8-4/h1-2H,(H,9,10,13). The van der Waals surface area contributed by atoms with Gasteiger partial charge in [0.05, 0.1) is 11.7 Å². The van der Waals surface area contributed by atoms with E-state index < -0.39 is 0 Å². The fourth-order valence-electron chi connectivity index (χ4n) is 1.26. The van der Waals surface area contributed by atoms with Crippen molar-refractivity contribution in [3.63, 3.8) is 0 Å². The van der Waals surface area contributed by atoms with Gasteiger partial charge in [0, 0.05) is 12.4 Å². The van der Waals surface area contributed by atoms with Crippen LogP contribution in [0.15, 0.2) is 17.2 Å². The lowest BCUT2D eigenvalue weighted by atomic mass is 10.3. The van der Waals surface area contributed by atoms with Gasteiger partial charge < -0.3 is 4.98 Å². The van der Waals surface area contributed by atoms with E-state index in [2.05, 4.69) is 23.7 Å². The van der Waals surface area contributed by atoms with Crippen LogP contribution in [0.4, 0.5) is 0 Å². The third-order valence-electron chi connectivity index (χ3n) is 1.86. The number of pyridine rings is 1. The Morgan fingerprint density at radius 2 is 1.86 bits per heavy atom. The molecule has 0 radical (unpaired) electrons. The third kappa shape index (κ3) is 0.867. The molecule has 0 fully saturated rings. The minimum atomic E-state index is -0.276. The Hall–Kier alpha value is -1.89. The topological polar surface area (TPSA) is 84.4 Å². The van der Waals surface area contributed by atoms with Crippen LogP contribution in [-0.2, 0) is 0 Å². The van der Waals surface area contributed by atoms with E-state index in [9.17, 15) is 4.79 Å². The van der Waals surface area contributed by atoms with Crippen molar-refractivity contribution < 1.29 is 0 Å². The summed E-state index contributed by atoms with van der Waals surface area (Å²) in [5.41, 5.74) is 1.58. The number of H-pyrrole nitrogens is 1. The lowest BCUT2D eigenvalue weighted by Crippen LogP contribution is -2.07. The van der Waals surface area contributed by atoms with Gasteiger partial charge >= 0.3 is 0 Å². The molecule has 3 heterocycles. The molecule has 0 atom stereocenters. The number of aromatic amines is 1. The number of fused-ring (bicyclic) bond motifs is 3. The minimum absolute atomic E-state index is 0.276. The molecule has 7 heteroatoms. The first-order valence-corrected chi connectivity index (χ1v) is 4.54. The van der Waals surface area contributed by atoms with Gasteiger partial charge in [-0.15, -0.1) is 0 Å². The second kappa shape index (κ2) is 2.55. The Bertz CT molecular complexity index is 672. The van der Waals surface area contributed by atoms with Gasteiger partial charge in [-0.3, -0.25) is 4.79 Å². The van der Waals surface area contributed by atoms with Gasteiger partial charge in [-0.2, -0.15) is 8.75 Å². The monoisotopic (exact) mass is 205 g/mol. The molecule has 3 rings (SSSR count). The van der Waals surface area contributed by atoms with Crippen LogP contribution in [0, 0.1) is 0 Å². The molecule has 68 valence electrons. The second-order valence-corrected chi connectivity index (χ2v) is 3.20. The van der Waals surface area contributed by atoms with Crippen molar-refractivity contribution in [1.82, 2.24) is 23.7 Å². The first-order chi connectivity index (χ1) is 6.86. The Labute approximate surface area is 81.0 Å². The number of rotatable bonds is 0. The van der Waals surface area contributed by atoms with Crippen molar-refractivity contribution in [2.45, 2.75) is 0 Å². The largest absolute Gasteiger partial charge is 0.303 e. The molecule has 6 nitrogen and oxygen atoms in total. The van der Waals surface area contributed by atoms with Crippen molar-refractivity contribution in [3.05, 3.63) is 22.7 Å². The van der Waals surface area contributed by atoms with Crippen LogP contribution < -0.4 is 5.56 Å². The average molecular weight is 205 g/mol. The Morgan fingerprint density at radius 3 is 2.79 bits per heavy atom. The number of hydrogen-bond donors (Lipinski definition) is 1. The molecule has 0 unspecified atom stereocenters. The van der Waals surface area contributed by atoms with Gasteiger partial charge in [0.25, 0.3) is 5.56 Å². The van der Waals surface area contributed by atoms with E-state index in [1.165, 1.54) is 6.20 Å². The molecule has 3 aromatic heterocycles. The quantitative estimate of drug-likeness (QED) is 0.571. The van der Waals surface area contributed by atoms with E-state index in [0.717, 1.165) is 11.7 Å². The van der Waals surface area contributed by atoms with Crippen molar-refractivity contribution in [1.29, 1.82) is 0 Å². The van der Waals surface area contributed by atoms with Gasteiger partial charge in [0.2, 0.25) is 0 Å². The highest BCUT2D eigenvalue weighted by atomic mass is 32.1. The molecule has 0 saturated carbocycles. The third-order valence-corrected chi connectivity index (χ3v) is 2.39. The van der Waals surface area contributed by atoms with Crippen LogP contribution in [0.2, 0.25) is 0 Å². The van der Waals surface area contributed by atoms with Gasteiger partial charge in [-0.25, -0.2) is 9.97 Å². The number of nitrogens with one attached hydrogen (secondary N) is 1. The number of aromatic nitrogens is 5. The summed E-state index contributed by atoms with van der Waals surface area (Å²) in [6.45, 7) is 0. The molecule has 0 aliphatic heterocycles. The van der Waals surface area contributed by atoms with Crippen molar-refractivity contribution in [3.8, 4) is 0 Å². The number of hydrogen-bond acceptors (Lipinski definition) is 6. The summed E-state index contributed by atoms with van der Waals surface area (Å²) in [7, 11) is 0. The van der Waals surface area contributed by atoms with Crippen LogP contribution in [0.1, 0.15) is 0 Å². The molecule has 0 aliphatic rings. The Morgan fingerprint density at radius 1 is 1.07 bits per heavy atom. The molecule has 1 N–H and O–H groups in total. The van der Waals surface area contributed by atoms with Crippen molar-refractivity contribution in [2.24, 2.45) is 0 Å². The van der Waals surface area contributed by atoms with Crippen LogP contribution in [-0.4, -0.2) is 23.7 Å². The van der Waals surface area contributed by atoms with E-state index in [-0.39, 0.29) is 5.56 Å². The molecule has 0 aromatic carbocycles. The highest BCUT2D eigenvalue weighted by Crippen LogP contribution is 2.14. The normalized spacial score (nSPS) is 11.1. The maximum absolute atomic E-state index is 11.4. The summed E-state index contributed by atoms with van der Waals surface area (Å²) in [6, 6.07) is 0. The maximum Gasteiger partial charge on any atom is 0.278 e. The SMILES string of the molecule is O=c1[nH]c2nccnc2c2nsnc12. The van der Waals surface area contributed by atoms with E-state index >= 15 is 0 Å². The fraction of sp³-hybridized carbons (Fsp3) is 0. The molecule has 3 aromatic rings. The van der Waals surface area contributed by atoms with Crippen molar-refractivity contribution >= 4 is 33.9 Å². The molecule has 14 heavy (non-hydrogen) atoms. The fourth-order valence-corrected chi connectivity index (χ4v) is 1.81. The smallest absolute Gasteiger partial charge is 0.278 e.